The number of phenols is 1. The van der Waals surface area contributed by atoms with Crippen LogP contribution in [0.25, 0.3) is 6.08 Å². The van der Waals surface area contributed by atoms with Crippen LogP contribution in [0.15, 0.2) is 42.2 Å². The van der Waals surface area contributed by atoms with Gasteiger partial charge in [-0.2, -0.15) is 0 Å². The summed E-state index contributed by atoms with van der Waals surface area (Å²) in [6.07, 6.45) is -4.09. The van der Waals surface area contributed by atoms with E-state index in [1.54, 1.807) is 12.1 Å². The Kier molecular flexibility index (Phi) is 11.8. The normalized spacial score (nSPS) is 32.4. The minimum atomic E-state index is -1.69. The molecule has 1 saturated heterocycles. The summed E-state index contributed by atoms with van der Waals surface area (Å²) in [6, 6.07) is 6.09. The monoisotopic (exact) mass is 650 g/mol. The Labute approximate surface area is 266 Å². The second-order valence-electron chi connectivity index (χ2n) is 12.2. The van der Waals surface area contributed by atoms with Gasteiger partial charge in [0.25, 0.3) is 0 Å². The number of aromatic hydroxyl groups is 1. The van der Waals surface area contributed by atoms with Gasteiger partial charge in [-0.05, 0) is 54.0 Å². The molecule has 1 saturated carbocycles. The lowest BCUT2D eigenvalue weighted by atomic mass is 9.81. The molecule has 14 heteroatoms. The predicted molar refractivity (Wildman–Crippen MR) is 157 cm³/mol. The number of aliphatic hydroxyl groups excluding tert-OH is 3. The summed E-state index contributed by atoms with van der Waals surface area (Å²) in [4.78, 5) is 36.2. The molecule has 2 heterocycles. The molecule has 14 nitrogen and oxygen atoms in total. The molecule has 9 unspecified atom stereocenters. The highest BCUT2D eigenvalue weighted by Gasteiger charge is 2.57. The third-order valence-electron chi connectivity index (χ3n) is 8.19. The van der Waals surface area contributed by atoms with E-state index in [1.165, 1.54) is 31.4 Å². The number of carbonyl (C=O) groups excluding carboxylic acids is 3. The highest BCUT2D eigenvalue weighted by molar-refractivity contribution is 5.87. The van der Waals surface area contributed by atoms with Crippen molar-refractivity contribution >= 4 is 24.0 Å². The third-order valence-corrected chi connectivity index (χ3v) is 8.19. The van der Waals surface area contributed by atoms with Crippen LogP contribution in [0.3, 0.4) is 0 Å². The Balaban J connectivity index is 1.40. The Morgan fingerprint density at radius 3 is 2.43 bits per heavy atom. The molecular weight excluding hydrogens is 608 g/mol. The number of benzene rings is 1. The molecule has 9 atom stereocenters. The summed E-state index contributed by atoms with van der Waals surface area (Å²) in [7, 11) is 0. The van der Waals surface area contributed by atoms with Gasteiger partial charge in [0.05, 0.1) is 18.8 Å². The van der Waals surface area contributed by atoms with E-state index in [9.17, 15) is 39.9 Å². The maximum atomic E-state index is 12.5. The molecule has 46 heavy (non-hydrogen) atoms. The van der Waals surface area contributed by atoms with Gasteiger partial charge >= 0.3 is 17.9 Å². The highest BCUT2D eigenvalue weighted by Crippen LogP contribution is 2.49. The van der Waals surface area contributed by atoms with Crippen LogP contribution in [0.4, 0.5) is 0 Å². The van der Waals surface area contributed by atoms with E-state index in [0.717, 1.165) is 6.08 Å². The Bertz CT molecular complexity index is 1280. The van der Waals surface area contributed by atoms with E-state index in [2.05, 4.69) is 0 Å². The van der Waals surface area contributed by atoms with Crippen LogP contribution >= 0.6 is 0 Å². The molecule has 3 aliphatic rings. The molecule has 1 aromatic carbocycles. The summed E-state index contributed by atoms with van der Waals surface area (Å²) in [5.74, 6) is -2.99. The maximum absolute atomic E-state index is 12.5. The quantitative estimate of drug-likeness (QED) is 0.121. The number of ether oxygens (including phenoxy) is 6. The van der Waals surface area contributed by atoms with E-state index in [-0.39, 0.29) is 37.7 Å². The number of hydrogen-bond acceptors (Lipinski definition) is 14. The predicted octanol–water partition coefficient (Wildman–Crippen LogP) is 0.923. The smallest absolute Gasteiger partial charge is 0.330 e. The number of carbonyl (C=O) groups is 3. The minimum absolute atomic E-state index is 0.0278. The largest absolute Gasteiger partial charge is 0.508 e. The molecule has 0 aromatic heterocycles. The van der Waals surface area contributed by atoms with Crippen LogP contribution in [-0.4, -0.2) is 106 Å². The number of hydrogen-bond donors (Lipinski definition) is 5. The summed E-state index contributed by atoms with van der Waals surface area (Å²) < 4.78 is 33.1. The van der Waals surface area contributed by atoms with Gasteiger partial charge in [-0.15, -0.1) is 0 Å². The molecule has 0 amide bonds. The van der Waals surface area contributed by atoms with Crippen molar-refractivity contribution in [2.45, 2.75) is 82.6 Å². The Morgan fingerprint density at radius 1 is 1.04 bits per heavy atom. The van der Waals surface area contributed by atoms with Crippen molar-refractivity contribution in [2.24, 2.45) is 17.8 Å². The Morgan fingerprint density at radius 2 is 1.76 bits per heavy atom. The average Bonchev–Trinajstić information content (AvgIpc) is 3.36. The minimum Gasteiger partial charge on any atom is -0.508 e. The standard InChI is InChI=1S/C32H42O14/c1-17(2)12-25(36)46-30-26-22(10-11-32(26,40)16-44-18(3)33)20(13-42-30)14-43-31-29(39)28(38)27(37)23(45-31)15-41-24(35)9-6-19-4-7-21(34)8-5-19/h4-9,13,17,22-23,26-31,34,37-40H,10-12,14-16H2,1-3H3. The number of fused-ring (bicyclic) bond motifs is 1. The van der Waals surface area contributed by atoms with Crippen LogP contribution < -0.4 is 0 Å². The van der Waals surface area contributed by atoms with E-state index in [4.69, 9.17) is 28.4 Å². The molecule has 1 aromatic rings. The van der Waals surface area contributed by atoms with Crippen LogP contribution in [0.2, 0.25) is 0 Å². The van der Waals surface area contributed by atoms with Crippen LogP contribution in [0.1, 0.15) is 45.6 Å². The van der Waals surface area contributed by atoms with Gasteiger partial charge in [0.2, 0.25) is 6.29 Å². The van der Waals surface area contributed by atoms with Crippen molar-refractivity contribution in [1.82, 2.24) is 0 Å². The van der Waals surface area contributed by atoms with Gasteiger partial charge in [-0.3, -0.25) is 9.59 Å². The number of aliphatic hydroxyl groups is 4. The summed E-state index contributed by atoms with van der Waals surface area (Å²) in [5, 5.41) is 52.4. The first kappa shape index (κ1) is 35.3. The maximum Gasteiger partial charge on any atom is 0.330 e. The van der Waals surface area contributed by atoms with Crippen molar-refractivity contribution in [1.29, 1.82) is 0 Å². The fourth-order valence-electron chi connectivity index (χ4n) is 5.79. The van der Waals surface area contributed by atoms with E-state index < -0.39 is 78.9 Å². The van der Waals surface area contributed by atoms with Crippen LogP contribution in [0.5, 0.6) is 5.75 Å². The first-order valence-corrected chi connectivity index (χ1v) is 15.1. The molecule has 5 N–H and O–H groups in total. The van der Waals surface area contributed by atoms with Gasteiger partial charge in [0.1, 0.15) is 49.0 Å². The third kappa shape index (κ3) is 8.84. The van der Waals surface area contributed by atoms with Crippen molar-refractivity contribution in [3.8, 4) is 5.75 Å². The molecule has 0 radical (unpaired) electrons. The van der Waals surface area contributed by atoms with Crippen molar-refractivity contribution in [3.63, 3.8) is 0 Å². The van der Waals surface area contributed by atoms with Crippen molar-refractivity contribution in [2.75, 3.05) is 19.8 Å². The second-order valence-corrected chi connectivity index (χ2v) is 12.2. The van der Waals surface area contributed by atoms with Gasteiger partial charge < -0.3 is 54.0 Å². The van der Waals surface area contributed by atoms with E-state index in [1.807, 2.05) is 13.8 Å². The second kappa shape index (κ2) is 15.4. The average molecular weight is 651 g/mol. The zero-order valence-corrected chi connectivity index (χ0v) is 25.9. The summed E-state index contributed by atoms with van der Waals surface area (Å²) in [5.41, 5.74) is -0.407. The lowest BCUT2D eigenvalue weighted by molar-refractivity contribution is -0.300. The number of rotatable bonds is 12. The zero-order valence-electron chi connectivity index (χ0n) is 25.9. The first-order valence-electron chi connectivity index (χ1n) is 15.1. The van der Waals surface area contributed by atoms with Gasteiger partial charge in [0, 0.05) is 19.4 Å². The molecule has 254 valence electrons. The molecule has 4 rings (SSSR count). The fraction of sp³-hybridized carbons (Fsp3) is 0.594. The highest BCUT2D eigenvalue weighted by atomic mass is 16.7. The van der Waals surface area contributed by atoms with Gasteiger partial charge in [0.15, 0.2) is 6.29 Å². The van der Waals surface area contributed by atoms with E-state index in [0.29, 0.717) is 17.6 Å². The van der Waals surface area contributed by atoms with Gasteiger partial charge in [-0.1, -0.05) is 26.0 Å². The van der Waals surface area contributed by atoms with Crippen molar-refractivity contribution < 1.29 is 68.3 Å². The molecule has 1 aliphatic carbocycles. The summed E-state index contributed by atoms with van der Waals surface area (Å²) in [6.45, 7) is 3.93. The number of esters is 3. The fourth-order valence-corrected chi connectivity index (χ4v) is 5.79. The SMILES string of the molecule is CC(=O)OCC1(O)CCC2C(COC3OC(COC(=O)C=Cc4ccc(O)cc4)C(O)C(O)C3O)=COC(OC(=O)CC(C)C)C21. The lowest BCUT2D eigenvalue weighted by Crippen LogP contribution is -2.59. The molecule has 2 aliphatic heterocycles. The Hall–Kier alpha value is -3.53. The topological polar surface area (TPSA) is 208 Å². The number of phenolic OH excluding ortho intramolecular Hbond substituents is 1. The zero-order chi connectivity index (χ0) is 33.6. The molecule has 0 bridgehead atoms. The van der Waals surface area contributed by atoms with Crippen molar-refractivity contribution in [3.05, 3.63) is 47.7 Å². The van der Waals surface area contributed by atoms with Crippen LogP contribution in [-0.2, 0) is 42.8 Å². The lowest BCUT2D eigenvalue weighted by Gasteiger charge is -2.41. The molecule has 2 fully saturated rings. The van der Waals surface area contributed by atoms with Gasteiger partial charge in [-0.25, -0.2) is 4.79 Å². The molecule has 0 spiro atoms. The first-order chi connectivity index (χ1) is 21.8. The summed E-state index contributed by atoms with van der Waals surface area (Å²) >= 11 is 0. The van der Waals surface area contributed by atoms with E-state index >= 15 is 0 Å². The van der Waals surface area contributed by atoms with Crippen LogP contribution in [0, 0.1) is 17.8 Å². The molecular formula is C32H42O14.